The zero-order chi connectivity index (χ0) is 19.0. The SMILES string of the molecule is Cc1cc(C)c(C2=NO[C@@H](c3cccc(O)c3)[C@@H]2c2ccccc2)c(C)c1. The third kappa shape index (κ3) is 3.21. The van der Waals surface area contributed by atoms with Crippen molar-refractivity contribution in [2.75, 3.05) is 0 Å². The topological polar surface area (TPSA) is 41.8 Å². The molecule has 0 aliphatic carbocycles. The van der Waals surface area contributed by atoms with Crippen LogP contribution in [0, 0.1) is 20.8 Å². The standard InChI is InChI=1S/C24H23NO2/c1-15-12-16(2)21(17(3)13-15)23-22(18-8-5-4-6-9-18)24(27-25-23)19-10-7-11-20(26)14-19/h4-14,22,24,26H,1-3H3/t22-,24+/m1/s1. The molecule has 3 aromatic carbocycles. The summed E-state index contributed by atoms with van der Waals surface area (Å²) in [5.74, 6) is 0.201. The van der Waals surface area contributed by atoms with Gasteiger partial charge in [0.25, 0.3) is 0 Å². The van der Waals surface area contributed by atoms with Gasteiger partial charge in [0.1, 0.15) is 5.75 Å². The Morgan fingerprint density at radius 2 is 1.48 bits per heavy atom. The normalized spacial score (nSPS) is 18.9. The van der Waals surface area contributed by atoms with Crippen LogP contribution in [0.15, 0.2) is 71.9 Å². The smallest absolute Gasteiger partial charge is 0.165 e. The van der Waals surface area contributed by atoms with Crippen molar-refractivity contribution < 1.29 is 9.94 Å². The zero-order valence-electron chi connectivity index (χ0n) is 15.8. The van der Waals surface area contributed by atoms with E-state index in [4.69, 9.17) is 4.84 Å². The molecule has 136 valence electrons. The van der Waals surface area contributed by atoms with E-state index >= 15 is 0 Å². The third-order valence-electron chi connectivity index (χ3n) is 5.15. The number of phenols is 1. The maximum absolute atomic E-state index is 9.94. The summed E-state index contributed by atoms with van der Waals surface area (Å²) < 4.78 is 0. The van der Waals surface area contributed by atoms with Crippen molar-refractivity contribution in [3.05, 3.63) is 100 Å². The largest absolute Gasteiger partial charge is 0.508 e. The summed E-state index contributed by atoms with van der Waals surface area (Å²) in [5, 5.41) is 14.5. The molecule has 2 atom stereocenters. The number of hydrogen-bond acceptors (Lipinski definition) is 3. The van der Waals surface area contributed by atoms with Crippen LogP contribution in [0.25, 0.3) is 0 Å². The number of benzene rings is 3. The molecule has 0 bridgehead atoms. The molecule has 3 heteroatoms. The fourth-order valence-electron chi connectivity index (χ4n) is 4.11. The minimum Gasteiger partial charge on any atom is -0.508 e. The van der Waals surface area contributed by atoms with Crippen LogP contribution >= 0.6 is 0 Å². The summed E-state index contributed by atoms with van der Waals surface area (Å²) in [6, 6.07) is 22.0. The quantitative estimate of drug-likeness (QED) is 0.665. The van der Waals surface area contributed by atoms with Crippen LogP contribution in [-0.4, -0.2) is 10.8 Å². The van der Waals surface area contributed by atoms with E-state index in [0.29, 0.717) is 0 Å². The maximum atomic E-state index is 9.94. The van der Waals surface area contributed by atoms with E-state index in [1.165, 1.54) is 16.7 Å². The second-order valence-corrected chi connectivity index (χ2v) is 7.26. The van der Waals surface area contributed by atoms with Crippen molar-refractivity contribution in [3.63, 3.8) is 0 Å². The van der Waals surface area contributed by atoms with Crippen LogP contribution in [0.2, 0.25) is 0 Å². The summed E-state index contributed by atoms with van der Waals surface area (Å²) in [6.45, 7) is 6.37. The summed E-state index contributed by atoms with van der Waals surface area (Å²) >= 11 is 0. The molecule has 1 aliphatic rings. The van der Waals surface area contributed by atoms with Gasteiger partial charge in [0, 0.05) is 5.56 Å². The van der Waals surface area contributed by atoms with Gasteiger partial charge >= 0.3 is 0 Å². The molecule has 4 rings (SSSR count). The van der Waals surface area contributed by atoms with Gasteiger partial charge in [-0.2, -0.15) is 0 Å². The van der Waals surface area contributed by atoms with Crippen molar-refractivity contribution in [2.45, 2.75) is 32.8 Å². The number of phenolic OH excluding ortho intramolecular Hbond substituents is 1. The van der Waals surface area contributed by atoms with E-state index in [1.807, 2.05) is 30.3 Å². The van der Waals surface area contributed by atoms with E-state index in [9.17, 15) is 5.11 Å². The van der Waals surface area contributed by atoms with Crippen LogP contribution in [0.3, 0.4) is 0 Å². The number of hydrogen-bond donors (Lipinski definition) is 1. The third-order valence-corrected chi connectivity index (χ3v) is 5.15. The Kier molecular flexibility index (Phi) is 4.44. The molecule has 1 N–H and O–H groups in total. The van der Waals surface area contributed by atoms with E-state index in [2.05, 4.69) is 50.2 Å². The molecule has 1 aliphatic heterocycles. The second kappa shape index (κ2) is 6.92. The van der Waals surface area contributed by atoms with E-state index < -0.39 is 0 Å². The Hall–Kier alpha value is -3.07. The van der Waals surface area contributed by atoms with Crippen molar-refractivity contribution in [1.82, 2.24) is 0 Å². The van der Waals surface area contributed by atoms with Crippen molar-refractivity contribution in [2.24, 2.45) is 5.16 Å². The highest BCUT2D eigenvalue weighted by Crippen LogP contribution is 2.43. The first-order chi connectivity index (χ1) is 13.0. The minimum atomic E-state index is -0.269. The highest BCUT2D eigenvalue weighted by molar-refractivity contribution is 6.08. The molecule has 3 nitrogen and oxygen atoms in total. The lowest BCUT2D eigenvalue weighted by Crippen LogP contribution is -2.18. The first-order valence-corrected chi connectivity index (χ1v) is 9.20. The molecule has 1 heterocycles. The summed E-state index contributed by atoms with van der Waals surface area (Å²) in [4.78, 5) is 5.95. The fraction of sp³-hybridized carbons (Fsp3) is 0.208. The Morgan fingerprint density at radius 3 is 2.15 bits per heavy atom. The highest BCUT2D eigenvalue weighted by Gasteiger charge is 2.38. The molecule has 0 unspecified atom stereocenters. The summed E-state index contributed by atoms with van der Waals surface area (Å²) in [7, 11) is 0. The number of rotatable bonds is 3. The fourth-order valence-corrected chi connectivity index (χ4v) is 4.11. The molecule has 0 saturated carbocycles. The molecular weight excluding hydrogens is 334 g/mol. The van der Waals surface area contributed by atoms with Gasteiger partial charge in [-0.3, -0.25) is 0 Å². The van der Waals surface area contributed by atoms with Gasteiger partial charge in [-0.05, 0) is 55.2 Å². The summed E-state index contributed by atoms with van der Waals surface area (Å²) in [5.41, 5.74) is 7.82. The second-order valence-electron chi connectivity index (χ2n) is 7.26. The van der Waals surface area contributed by atoms with E-state index in [-0.39, 0.29) is 17.8 Å². The predicted octanol–water partition coefficient (Wildman–Crippen LogP) is 5.58. The molecule has 0 spiro atoms. The lowest BCUT2D eigenvalue weighted by molar-refractivity contribution is 0.0761. The first-order valence-electron chi connectivity index (χ1n) is 9.20. The Balaban J connectivity index is 1.85. The lowest BCUT2D eigenvalue weighted by atomic mass is 9.81. The van der Waals surface area contributed by atoms with Crippen LogP contribution in [0.5, 0.6) is 5.75 Å². The molecule has 0 amide bonds. The average Bonchev–Trinajstić information content (AvgIpc) is 3.06. The molecule has 27 heavy (non-hydrogen) atoms. The number of oxime groups is 1. The van der Waals surface area contributed by atoms with Crippen LogP contribution < -0.4 is 0 Å². The van der Waals surface area contributed by atoms with Gasteiger partial charge in [-0.1, -0.05) is 65.3 Å². The molecule has 0 radical (unpaired) electrons. The molecule has 0 aromatic heterocycles. The number of aryl methyl sites for hydroxylation is 3. The van der Waals surface area contributed by atoms with Gasteiger partial charge in [0.05, 0.1) is 11.6 Å². The Morgan fingerprint density at radius 1 is 0.815 bits per heavy atom. The minimum absolute atomic E-state index is 0.0342. The van der Waals surface area contributed by atoms with Crippen LogP contribution in [0.4, 0.5) is 0 Å². The number of aromatic hydroxyl groups is 1. The van der Waals surface area contributed by atoms with Gasteiger partial charge < -0.3 is 9.94 Å². The van der Waals surface area contributed by atoms with Crippen LogP contribution in [0.1, 0.15) is 45.4 Å². The molecule has 3 aromatic rings. The lowest BCUT2D eigenvalue weighted by Gasteiger charge is -2.21. The van der Waals surface area contributed by atoms with Gasteiger partial charge in [0.2, 0.25) is 0 Å². The van der Waals surface area contributed by atoms with E-state index in [1.54, 1.807) is 12.1 Å². The monoisotopic (exact) mass is 357 g/mol. The molecular formula is C24H23NO2. The maximum Gasteiger partial charge on any atom is 0.165 e. The van der Waals surface area contributed by atoms with Gasteiger partial charge in [-0.25, -0.2) is 0 Å². The first kappa shape index (κ1) is 17.3. The highest BCUT2D eigenvalue weighted by atomic mass is 16.6. The van der Waals surface area contributed by atoms with E-state index in [0.717, 1.165) is 22.4 Å². The average molecular weight is 357 g/mol. The predicted molar refractivity (Wildman–Crippen MR) is 108 cm³/mol. The molecule has 0 saturated heterocycles. The Bertz CT molecular complexity index is 985. The van der Waals surface area contributed by atoms with Crippen molar-refractivity contribution in [3.8, 4) is 5.75 Å². The number of nitrogens with zero attached hydrogens (tertiary/aromatic N) is 1. The zero-order valence-corrected chi connectivity index (χ0v) is 15.8. The van der Waals surface area contributed by atoms with Gasteiger partial charge in [-0.15, -0.1) is 0 Å². The van der Waals surface area contributed by atoms with Crippen molar-refractivity contribution >= 4 is 5.71 Å². The summed E-state index contributed by atoms with van der Waals surface area (Å²) in [6.07, 6.45) is -0.269. The van der Waals surface area contributed by atoms with Crippen molar-refractivity contribution in [1.29, 1.82) is 0 Å². The molecule has 0 fully saturated rings. The van der Waals surface area contributed by atoms with Gasteiger partial charge in [0.15, 0.2) is 6.10 Å². The Labute approximate surface area is 159 Å². The van der Waals surface area contributed by atoms with Crippen LogP contribution in [-0.2, 0) is 4.84 Å².